The van der Waals surface area contributed by atoms with Crippen LogP contribution in [0.1, 0.15) is 22.6 Å². The first-order chi connectivity index (χ1) is 13.9. The predicted octanol–water partition coefficient (Wildman–Crippen LogP) is 4.35. The highest BCUT2D eigenvalue weighted by atomic mass is 35.5. The fourth-order valence-corrected chi connectivity index (χ4v) is 4.80. The highest BCUT2D eigenvalue weighted by Gasteiger charge is 2.29. The first-order valence-electron chi connectivity index (χ1n) is 9.92. The number of amides is 2. The normalized spacial score (nSPS) is 20.4. The zero-order valence-corrected chi connectivity index (χ0v) is 18.3. The second kappa shape index (κ2) is 8.52. The molecule has 0 spiro atoms. The molecule has 0 radical (unpaired) electrons. The molecule has 2 aliphatic rings. The predicted molar refractivity (Wildman–Crippen MR) is 119 cm³/mol. The van der Waals surface area contributed by atoms with Crippen LogP contribution in [-0.4, -0.2) is 67.5 Å². The topological polar surface area (TPSA) is 38.8 Å². The van der Waals surface area contributed by atoms with Crippen LogP contribution in [0.2, 0.25) is 10.0 Å². The van der Waals surface area contributed by atoms with Gasteiger partial charge >= 0.3 is 6.03 Å². The van der Waals surface area contributed by atoms with E-state index >= 15 is 0 Å². The third-order valence-electron chi connectivity index (χ3n) is 5.86. The number of anilines is 1. The Kier molecular flexibility index (Phi) is 6.02. The number of benzene rings is 2. The van der Waals surface area contributed by atoms with Crippen LogP contribution in [0, 0.1) is 0 Å². The van der Waals surface area contributed by atoms with Crippen LogP contribution in [0.15, 0.2) is 36.4 Å². The molecule has 1 saturated heterocycles. The summed E-state index contributed by atoms with van der Waals surface area (Å²) in [5.41, 5.74) is 4.18. The Hall–Kier alpha value is -1.79. The molecule has 0 aromatic heterocycles. The zero-order valence-electron chi connectivity index (χ0n) is 16.8. The number of carbonyl (C=O) groups excluding carboxylic acids is 1. The molecule has 154 valence electrons. The van der Waals surface area contributed by atoms with Crippen LogP contribution < -0.4 is 5.32 Å². The molecular weight excluding hydrogens is 407 g/mol. The summed E-state index contributed by atoms with van der Waals surface area (Å²) in [5.74, 6) is 0.0870. The molecule has 2 aromatic rings. The van der Waals surface area contributed by atoms with Crippen molar-refractivity contribution in [2.75, 3.05) is 52.1 Å². The van der Waals surface area contributed by atoms with Crippen molar-refractivity contribution >= 4 is 34.9 Å². The number of piperazine rings is 1. The quantitative estimate of drug-likeness (QED) is 0.766. The van der Waals surface area contributed by atoms with Gasteiger partial charge < -0.3 is 20.0 Å². The average Bonchev–Trinajstić information content (AvgIpc) is 2.69. The van der Waals surface area contributed by atoms with Gasteiger partial charge in [0.1, 0.15) is 0 Å². The molecule has 4 rings (SSSR count). The molecule has 2 aliphatic heterocycles. The second-order valence-electron chi connectivity index (χ2n) is 8.01. The highest BCUT2D eigenvalue weighted by molar-refractivity contribution is 6.35. The summed E-state index contributed by atoms with van der Waals surface area (Å²) < 4.78 is 0. The van der Waals surface area contributed by atoms with E-state index in [9.17, 15) is 4.79 Å². The molecular formula is C22H26Cl2N4O. The lowest BCUT2D eigenvalue weighted by Crippen LogP contribution is -2.48. The Labute approximate surface area is 182 Å². The fourth-order valence-electron chi connectivity index (χ4n) is 4.23. The fraction of sp³-hybridized carbons (Fsp3) is 0.409. The maximum Gasteiger partial charge on any atom is 0.321 e. The van der Waals surface area contributed by atoms with Crippen molar-refractivity contribution in [3.8, 4) is 0 Å². The lowest BCUT2D eigenvalue weighted by Gasteiger charge is -2.35. The number of fused-ring (bicyclic) bond motifs is 1. The summed E-state index contributed by atoms with van der Waals surface area (Å²) in [6.07, 6.45) is 0. The van der Waals surface area contributed by atoms with Gasteiger partial charge in [0.25, 0.3) is 0 Å². The monoisotopic (exact) mass is 432 g/mol. The van der Waals surface area contributed by atoms with Gasteiger partial charge in [-0.3, -0.25) is 0 Å². The van der Waals surface area contributed by atoms with E-state index in [1.54, 1.807) is 6.07 Å². The third-order valence-corrected chi connectivity index (χ3v) is 6.42. The van der Waals surface area contributed by atoms with Gasteiger partial charge in [0.15, 0.2) is 0 Å². The van der Waals surface area contributed by atoms with Crippen LogP contribution in [0.5, 0.6) is 0 Å². The molecule has 1 N–H and O–H groups in total. The number of hydrogen-bond donors (Lipinski definition) is 1. The van der Waals surface area contributed by atoms with Gasteiger partial charge in [-0.05, 0) is 49.0 Å². The van der Waals surface area contributed by atoms with Crippen molar-refractivity contribution in [3.05, 3.63) is 63.1 Å². The minimum absolute atomic E-state index is 0.0425. The van der Waals surface area contributed by atoms with Crippen LogP contribution in [-0.2, 0) is 6.54 Å². The molecule has 2 aromatic carbocycles. The number of likely N-dealkylation sites (N-methyl/N-ethyl adjacent to an activating group) is 2. The maximum atomic E-state index is 12.9. The van der Waals surface area contributed by atoms with Crippen molar-refractivity contribution in [2.45, 2.75) is 12.5 Å². The van der Waals surface area contributed by atoms with Crippen molar-refractivity contribution < 1.29 is 4.79 Å². The van der Waals surface area contributed by atoms with E-state index in [2.05, 4.69) is 35.3 Å². The van der Waals surface area contributed by atoms with E-state index in [-0.39, 0.29) is 11.9 Å². The smallest absolute Gasteiger partial charge is 0.321 e. The lowest BCUT2D eigenvalue weighted by molar-refractivity contribution is 0.164. The van der Waals surface area contributed by atoms with Crippen LogP contribution >= 0.6 is 23.2 Å². The van der Waals surface area contributed by atoms with Crippen LogP contribution in [0.4, 0.5) is 10.5 Å². The Morgan fingerprint density at radius 3 is 2.48 bits per heavy atom. The van der Waals surface area contributed by atoms with Gasteiger partial charge in [-0.15, -0.1) is 0 Å². The number of nitrogens with zero attached hydrogens (tertiary/aromatic N) is 3. The number of nitrogens with one attached hydrogen (secondary N) is 1. The van der Waals surface area contributed by atoms with E-state index in [1.165, 1.54) is 0 Å². The van der Waals surface area contributed by atoms with Crippen molar-refractivity contribution in [3.63, 3.8) is 0 Å². The largest absolute Gasteiger partial charge is 0.322 e. The summed E-state index contributed by atoms with van der Waals surface area (Å²) in [7, 11) is 4.17. The first kappa shape index (κ1) is 20.5. The van der Waals surface area contributed by atoms with Gasteiger partial charge in [0.2, 0.25) is 0 Å². The van der Waals surface area contributed by atoms with Gasteiger partial charge in [0.05, 0.1) is 0 Å². The Bertz CT molecular complexity index is 912. The minimum Gasteiger partial charge on any atom is -0.322 e. The van der Waals surface area contributed by atoms with Crippen molar-refractivity contribution in [1.82, 2.24) is 14.7 Å². The standard InChI is InChI=1S/C22H26Cl2N4O/c1-26-7-9-28(10-8-26)22(29)25-21-6-4-3-5-16(21)18-13-27(2)14-19-17(18)11-15(23)12-20(19)24/h3-6,11-12,18H,7-10,13-14H2,1-2H3,(H,25,29). The van der Waals surface area contributed by atoms with Gasteiger partial charge in [-0.2, -0.15) is 0 Å². The molecule has 1 atom stereocenters. The van der Waals surface area contributed by atoms with Gasteiger partial charge in [-0.25, -0.2) is 4.79 Å². The summed E-state index contributed by atoms with van der Waals surface area (Å²) in [5, 5.41) is 4.49. The molecule has 29 heavy (non-hydrogen) atoms. The van der Waals surface area contributed by atoms with Crippen LogP contribution in [0.3, 0.4) is 0 Å². The van der Waals surface area contributed by atoms with Crippen LogP contribution in [0.25, 0.3) is 0 Å². The molecule has 1 fully saturated rings. The molecule has 0 saturated carbocycles. The highest BCUT2D eigenvalue weighted by Crippen LogP contribution is 2.40. The molecule has 5 nitrogen and oxygen atoms in total. The molecule has 2 heterocycles. The average molecular weight is 433 g/mol. The molecule has 0 bridgehead atoms. The van der Waals surface area contributed by atoms with E-state index in [4.69, 9.17) is 23.2 Å². The summed E-state index contributed by atoms with van der Waals surface area (Å²) >= 11 is 12.8. The second-order valence-corrected chi connectivity index (χ2v) is 8.86. The van der Waals surface area contributed by atoms with Crippen molar-refractivity contribution in [2.24, 2.45) is 0 Å². The zero-order chi connectivity index (χ0) is 20.5. The van der Waals surface area contributed by atoms with Crippen molar-refractivity contribution in [1.29, 1.82) is 0 Å². The van der Waals surface area contributed by atoms with E-state index in [0.29, 0.717) is 10.0 Å². The summed E-state index contributed by atoms with van der Waals surface area (Å²) in [4.78, 5) is 19.2. The SMILES string of the molecule is CN1CCN(C(=O)Nc2ccccc2C2CN(C)Cc3c(Cl)cc(Cl)cc32)CC1. The molecule has 2 amide bonds. The number of urea groups is 1. The summed E-state index contributed by atoms with van der Waals surface area (Å²) in [6.45, 7) is 4.90. The number of para-hydroxylation sites is 1. The lowest BCUT2D eigenvalue weighted by atomic mass is 9.84. The number of carbonyl (C=O) groups is 1. The maximum absolute atomic E-state index is 12.9. The van der Waals surface area contributed by atoms with Gasteiger partial charge in [-0.1, -0.05) is 41.4 Å². The Balaban J connectivity index is 1.65. The van der Waals surface area contributed by atoms with E-state index < -0.39 is 0 Å². The third kappa shape index (κ3) is 4.38. The van der Waals surface area contributed by atoms with Gasteiger partial charge in [0, 0.05) is 60.9 Å². The Morgan fingerprint density at radius 2 is 1.72 bits per heavy atom. The Morgan fingerprint density at radius 1 is 1.00 bits per heavy atom. The van der Waals surface area contributed by atoms with E-state index in [1.807, 2.05) is 29.2 Å². The first-order valence-corrected chi connectivity index (χ1v) is 10.7. The molecule has 0 aliphatic carbocycles. The number of halogens is 2. The molecule has 7 heteroatoms. The number of hydrogen-bond acceptors (Lipinski definition) is 3. The minimum atomic E-state index is -0.0425. The number of rotatable bonds is 2. The molecule has 1 unspecified atom stereocenters. The summed E-state index contributed by atoms with van der Waals surface area (Å²) in [6, 6.07) is 11.8. The van der Waals surface area contributed by atoms with E-state index in [0.717, 1.165) is 61.6 Å².